The molecular weight excluding hydrogens is 394 g/mol. The topological polar surface area (TPSA) is 54.3 Å². The summed E-state index contributed by atoms with van der Waals surface area (Å²) in [5.41, 5.74) is 1.71. The van der Waals surface area contributed by atoms with E-state index in [1.807, 2.05) is 82.5 Å². The first-order valence-electron chi connectivity index (χ1n) is 9.94. The Kier molecular flexibility index (Phi) is 5.03. The summed E-state index contributed by atoms with van der Waals surface area (Å²) >= 11 is 1.45. The molecule has 7 heteroatoms. The molecule has 4 aromatic rings. The van der Waals surface area contributed by atoms with Crippen LogP contribution >= 0.6 is 11.3 Å². The summed E-state index contributed by atoms with van der Waals surface area (Å²) < 4.78 is 1.95. The van der Waals surface area contributed by atoms with Crippen molar-refractivity contribution in [3.05, 3.63) is 84.1 Å². The molecule has 0 saturated carbocycles. The van der Waals surface area contributed by atoms with Crippen molar-refractivity contribution >= 4 is 23.1 Å². The maximum Gasteiger partial charge on any atom is 0.266 e. The number of carbonyl (C=O) groups excluding carboxylic acids is 1. The van der Waals surface area contributed by atoms with E-state index in [0.717, 1.165) is 35.3 Å². The molecule has 1 aromatic carbocycles. The summed E-state index contributed by atoms with van der Waals surface area (Å²) in [4.78, 5) is 27.6. The number of benzene rings is 1. The van der Waals surface area contributed by atoms with Gasteiger partial charge in [0.05, 0.1) is 5.69 Å². The van der Waals surface area contributed by atoms with E-state index < -0.39 is 0 Å². The predicted octanol–water partition coefficient (Wildman–Crippen LogP) is 3.96. The Morgan fingerprint density at radius 2 is 1.60 bits per heavy atom. The Bertz CT molecular complexity index is 1120. The summed E-state index contributed by atoms with van der Waals surface area (Å²) in [6.45, 7) is 2.88. The molecule has 5 rings (SSSR count). The number of piperazine rings is 1. The van der Waals surface area contributed by atoms with Crippen LogP contribution in [0, 0.1) is 0 Å². The van der Waals surface area contributed by atoms with Crippen molar-refractivity contribution in [1.29, 1.82) is 0 Å². The van der Waals surface area contributed by atoms with Crippen LogP contribution < -0.4 is 4.90 Å². The van der Waals surface area contributed by atoms with Gasteiger partial charge in [-0.25, -0.2) is 9.97 Å². The molecule has 1 aliphatic rings. The van der Waals surface area contributed by atoms with Gasteiger partial charge in [0.2, 0.25) is 0 Å². The second-order valence-corrected chi connectivity index (χ2v) is 8.08. The monoisotopic (exact) mass is 415 g/mol. The molecule has 1 amide bonds. The van der Waals surface area contributed by atoms with E-state index in [1.165, 1.54) is 11.3 Å². The molecule has 4 heterocycles. The fourth-order valence-corrected chi connectivity index (χ4v) is 4.66. The van der Waals surface area contributed by atoms with Gasteiger partial charge >= 0.3 is 0 Å². The average molecular weight is 416 g/mol. The molecule has 0 unspecified atom stereocenters. The quantitative estimate of drug-likeness (QED) is 0.506. The standard InChI is InChI=1S/C23H21N5OS/c29-22(27-16-14-26(15-17-27)19-10-4-5-11-24-19)21-20(18-8-2-1-3-9-18)25-23(30-21)28-12-6-7-13-28/h1-13H,14-17H2. The van der Waals surface area contributed by atoms with Gasteiger partial charge in [-0.05, 0) is 24.3 Å². The van der Waals surface area contributed by atoms with Crippen molar-refractivity contribution in [2.24, 2.45) is 0 Å². The second kappa shape index (κ2) is 8.12. The molecule has 1 aliphatic heterocycles. The second-order valence-electron chi connectivity index (χ2n) is 7.10. The summed E-state index contributed by atoms with van der Waals surface area (Å²) in [7, 11) is 0. The minimum absolute atomic E-state index is 0.0467. The number of amides is 1. The number of pyridine rings is 1. The first-order valence-corrected chi connectivity index (χ1v) is 10.8. The fraction of sp³-hybridized carbons (Fsp3) is 0.174. The zero-order valence-corrected chi connectivity index (χ0v) is 17.2. The van der Waals surface area contributed by atoms with E-state index in [4.69, 9.17) is 4.98 Å². The summed E-state index contributed by atoms with van der Waals surface area (Å²) in [6.07, 6.45) is 5.71. The Morgan fingerprint density at radius 1 is 0.867 bits per heavy atom. The number of aromatic nitrogens is 3. The van der Waals surface area contributed by atoms with E-state index in [2.05, 4.69) is 9.88 Å². The molecule has 30 heavy (non-hydrogen) atoms. The lowest BCUT2D eigenvalue weighted by Gasteiger charge is -2.35. The van der Waals surface area contributed by atoms with Crippen LogP contribution in [0.3, 0.4) is 0 Å². The van der Waals surface area contributed by atoms with Gasteiger partial charge in [0, 0.05) is 50.3 Å². The molecule has 3 aromatic heterocycles. The van der Waals surface area contributed by atoms with Gasteiger partial charge in [0.1, 0.15) is 10.7 Å². The molecule has 1 saturated heterocycles. The van der Waals surface area contributed by atoms with Crippen LogP contribution in [0.25, 0.3) is 16.4 Å². The molecule has 0 N–H and O–H groups in total. The minimum Gasteiger partial charge on any atom is -0.353 e. The van der Waals surface area contributed by atoms with E-state index in [9.17, 15) is 4.79 Å². The van der Waals surface area contributed by atoms with Crippen LogP contribution in [0.15, 0.2) is 79.3 Å². The predicted molar refractivity (Wildman–Crippen MR) is 119 cm³/mol. The van der Waals surface area contributed by atoms with Crippen molar-refractivity contribution in [3.8, 4) is 16.4 Å². The van der Waals surface area contributed by atoms with E-state index in [-0.39, 0.29) is 5.91 Å². The Morgan fingerprint density at radius 3 is 2.30 bits per heavy atom. The van der Waals surface area contributed by atoms with Gasteiger partial charge in [-0.1, -0.05) is 47.7 Å². The SMILES string of the molecule is O=C(c1sc(-n2cccc2)nc1-c1ccccc1)N1CCN(c2ccccn2)CC1. The van der Waals surface area contributed by atoms with Gasteiger partial charge < -0.3 is 14.4 Å². The smallest absolute Gasteiger partial charge is 0.266 e. The highest BCUT2D eigenvalue weighted by molar-refractivity contribution is 7.16. The van der Waals surface area contributed by atoms with Gasteiger partial charge in [0.25, 0.3) is 5.91 Å². The van der Waals surface area contributed by atoms with Gasteiger partial charge in [-0.3, -0.25) is 4.79 Å². The van der Waals surface area contributed by atoms with Crippen molar-refractivity contribution in [3.63, 3.8) is 0 Å². The first-order chi connectivity index (χ1) is 14.8. The maximum absolute atomic E-state index is 13.5. The Hall–Kier alpha value is -3.45. The zero-order valence-electron chi connectivity index (χ0n) is 16.4. The fourth-order valence-electron chi connectivity index (χ4n) is 3.64. The minimum atomic E-state index is 0.0467. The highest BCUT2D eigenvalue weighted by atomic mass is 32.1. The average Bonchev–Trinajstić information content (AvgIpc) is 3.50. The summed E-state index contributed by atoms with van der Waals surface area (Å²) in [5, 5.41) is 0.800. The molecule has 1 fully saturated rings. The van der Waals surface area contributed by atoms with Gasteiger partial charge in [0.15, 0.2) is 5.13 Å². The summed E-state index contributed by atoms with van der Waals surface area (Å²) in [5.74, 6) is 1.01. The third-order valence-electron chi connectivity index (χ3n) is 5.22. The van der Waals surface area contributed by atoms with Crippen LogP contribution in [-0.4, -0.2) is 51.5 Å². The lowest BCUT2D eigenvalue weighted by molar-refractivity contribution is 0.0752. The third kappa shape index (κ3) is 3.59. The number of anilines is 1. The lowest BCUT2D eigenvalue weighted by Crippen LogP contribution is -2.49. The molecule has 0 bridgehead atoms. The molecule has 0 radical (unpaired) electrons. The number of rotatable bonds is 4. The zero-order chi connectivity index (χ0) is 20.3. The Labute approximate surface area is 179 Å². The molecule has 6 nitrogen and oxygen atoms in total. The van der Waals surface area contributed by atoms with Gasteiger partial charge in [-0.2, -0.15) is 0 Å². The highest BCUT2D eigenvalue weighted by Crippen LogP contribution is 2.31. The van der Waals surface area contributed by atoms with Crippen LogP contribution in [0.5, 0.6) is 0 Å². The maximum atomic E-state index is 13.5. The normalized spacial score (nSPS) is 14.1. The van der Waals surface area contributed by atoms with Crippen LogP contribution in [0.1, 0.15) is 9.67 Å². The molecular formula is C23H21N5OS. The van der Waals surface area contributed by atoms with Crippen molar-refractivity contribution in [2.75, 3.05) is 31.1 Å². The number of thiazole rings is 1. The molecule has 0 atom stereocenters. The Balaban J connectivity index is 1.41. The van der Waals surface area contributed by atoms with Crippen LogP contribution in [0.2, 0.25) is 0 Å². The largest absolute Gasteiger partial charge is 0.353 e. The van der Waals surface area contributed by atoms with E-state index >= 15 is 0 Å². The number of hydrogen-bond donors (Lipinski definition) is 0. The lowest BCUT2D eigenvalue weighted by atomic mass is 10.1. The molecule has 0 aliphatic carbocycles. The van der Waals surface area contributed by atoms with Crippen LogP contribution in [-0.2, 0) is 0 Å². The van der Waals surface area contributed by atoms with Gasteiger partial charge in [-0.15, -0.1) is 0 Å². The van der Waals surface area contributed by atoms with E-state index in [0.29, 0.717) is 18.0 Å². The number of hydrogen-bond acceptors (Lipinski definition) is 5. The van der Waals surface area contributed by atoms with E-state index in [1.54, 1.807) is 6.20 Å². The van der Waals surface area contributed by atoms with Crippen molar-refractivity contribution in [2.45, 2.75) is 0 Å². The molecule has 0 spiro atoms. The molecule has 150 valence electrons. The van der Waals surface area contributed by atoms with Crippen LogP contribution in [0.4, 0.5) is 5.82 Å². The van der Waals surface area contributed by atoms with Crippen molar-refractivity contribution < 1.29 is 4.79 Å². The summed E-state index contributed by atoms with van der Waals surface area (Å²) in [6, 6.07) is 19.8. The first kappa shape index (κ1) is 18.6. The number of nitrogens with zero attached hydrogens (tertiary/aromatic N) is 5. The van der Waals surface area contributed by atoms with Crippen molar-refractivity contribution in [1.82, 2.24) is 19.4 Å². The number of carbonyl (C=O) groups is 1. The third-order valence-corrected chi connectivity index (χ3v) is 6.28. The highest BCUT2D eigenvalue weighted by Gasteiger charge is 2.27.